The van der Waals surface area contributed by atoms with Gasteiger partial charge in [0.25, 0.3) is 6.71 Å². The van der Waals surface area contributed by atoms with Crippen molar-refractivity contribution < 1.29 is 9.90 Å². The van der Waals surface area contributed by atoms with E-state index >= 15 is 0 Å². The lowest BCUT2D eigenvalue weighted by Gasteiger charge is -2.53. The molecule has 2 saturated carbocycles. The normalized spacial score (nSPS) is 26.0. The van der Waals surface area contributed by atoms with E-state index in [1.165, 1.54) is 51.0 Å². The Bertz CT molecular complexity index is 3620. The largest absolute Gasteiger partial charge is 0.468 e. The maximum absolute atomic E-state index is 9.91. The van der Waals surface area contributed by atoms with Crippen molar-refractivity contribution >= 4 is 74.1 Å². The predicted molar refractivity (Wildman–Crippen MR) is 303 cm³/mol. The second-order valence-electron chi connectivity index (χ2n) is 26.5. The van der Waals surface area contributed by atoms with Crippen LogP contribution in [-0.4, -0.2) is 17.8 Å². The number of nitrogens with zero attached hydrogens (tertiary/aromatic N) is 3. The molecule has 71 heavy (non-hydrogen) atoms. The minimum absolute atomic E-state index is 0.0428. The molecule has 13 rings (SSSR count). The second-order valence-corrected chi connectivity index (χ2v) is 26.5. The van der Waals surface area contributed by atoms with E-state index in [0.29, 0.717) is 5.69 Å². The summed E-state index contributed by atoms with van der Waals surface area (Å²) < 4.78 is 45.6. The number of furan rings is 1. The Balaban J connectivity index is 1.23. The van der Waals surface area contributed by atoms with Crippen LogP contribution in [-0.2, 0) is 27.1 Å². The van der Waals surface area contributed by atoms with E-state index in [9.17, 15) is 4.11 Å². The van der Waals surface area contributed by atoms with E-state index in [2.05, 4.69) is 196 Å². The third-order valence-electron chi connectivity index (χ3n) is 19.5. The van der Waals surface area contributed by atoms with Crippen molar-refractivity contribution in [3.63, 3.8) is 0 Å². The molecule has 0 spiro atoms. The number of benzene rings is 6. The average molecular weight is 940 g/mol. The molecule has 0 N–H and O–H groups in total. The van der Waals surface area contributed by atoms with Gasteiger partial charge in [0.1, 0.15) is 5.58 Å². The molecule has 0 amide bonds. The fourth-order valence-electron chi connectivity index (χ4n) is 14.9. The lowest BCUT2D eigenvalue weighted by molar-refractivity contribution is 0.194. The van der Waals surface area contributed by atoms with Crippen LogP contribution in [0.4, 0.5) is 39.8 Å². The highest BCUT2D eigenvalue weighted by Crippen LogP contribution is 2.65. The fourth-order valence-corrected chi connectivity index (χ4v) is 14.9. The second kappa shape index (κ2) is 14.5. The van der Waals surface area contributed by atoms with Crippen LogP contribution in [0.1, 0.15) is 175 Å². The standard InChI is InChI=1S/C66H74BN3O/c1-60(2,3)42-27-29-51(46(35-42)41-23-15-14-16-24-41)68-53-39-45(69-52-26-18-17-25-48(52)63(10)31-19-21-33-65(63,69)12)40-54-56(53)67(59-57(68)47-36-43(61(4,5)6)28-30-55(47)71-59)50-38-44(62(7,8)9)37-49-58(50)70(54)66(13)34-22-20-32-64(49,66)11/h14-18,23-30,35-40H,19-22,31-34H2,1-13H3/i17D,18D,25D,26D. The smallest absolute Gasteiger partial charge is 0.297 e. The molecule has 4 aliphatic heterocycles. The molecule has 0 saturated heterocycles. The molecule has 0 bridgehead atoms. The van der Waals surface area contributed by atoms with Crippen LogP contribution in [0.2, 0.25) is 0 Å². The lowest BCUT2D eigenvalue weighted by atomic mass is 9.35. The number of anilines is 7. The Morgan fingerprint density at radius 2 is 1.15 bits per heavy atom. The van der Waals surface area contributed by atoms with Crippen LogP contribution < -0.4 is 31.3 Å². The van der Waals surface area contributed by atoms with E-state index in [4.69, 9.17) is 5.79 Å². The molecule has 4 nitrogen and oxygen atoms in total. The van der Waals surface area contributed by atoms with Crippen LogP contribution in [0.5, 0.6) is 0 Å². The van der Waals surface area contributed by atoms with Gasteiger partial charge in [0.15, 0.2) is 0 Å². The Kier molecular flexibility index (Phi) is 8.35. The monoisotopic (exact) mass is 940 g/mol. The van der Waals surface area contributed by atoms with Crippen molar-refractivity contribution in [2.24, 2.45) is 0 Å². The van der Waals surface area contributed by atoms with Crippen molar-refractivity contribution in [1.82, 2.24) is 0 Å². The molecule has 4 unspecified atom stereocenters. The van der Waals surface area contributed by atoms with Crippen LogP contribution in [0.15, 0.2) is 120 Å². The summed E-state index contributed by atoms with van der Waals surface area (Å²) in [7, 11) is 0. The number of rotatable bonds is 3. The Morgan fingerprint density at radius 3 is 1.85 bits per heavy atom. The third-order valence-corrected chi connectivity index (χ3v) is 19.5. The maximum atomic E-state index is 9.91. The summed E-state index contributed by atoms with van der Waals surface area (Å²) >= 11 is 0. The number of para-hydroxylation sites is 1. The summed E-state index contributed by atoms with van der Waals surface area (Å²) in [6.45, 7) is 30.4. The number of fused-ring (bicyclic) bond motifs is 12. The first-order valence-corrected chi connectivity index (χ1v) is 26.9. The summed E-state index contributed by atoms with van der Waals surface area (Å²) in [5, 5.41) is 1.08. The van der Waals surface area contributed by atoms with Gasteiger partial charge in [-0.05, 0) is 143 Å². The van der Waals surface area contributed by atoms with Gasteiger partial charge in [0.05, 0.1) is 33.6 Å². The van der Waals surface area contributed by atoms with Crippen molar-refractivity contribution in [3.8, 4) is 11.1 Å². The number of hydrogen-bond donors (Lipinski definition) is 0. The van der Waals surface area contributed by atoms with Gasteiger partial charge in [-0.15, -0.1) is 0 Å². The van der Waals surface area contributed by atoms with E-state index in [-0.39, 0.29) is 58.1 Å². The first-order chi connectivity index (χ1) is 35.2. The van der Waals surface area contributed by atoms with Crippen LogP contribution in [0.25, 0.3) is 22.1 Å². The average Bonchev–Trinajstić information content (AvgIpc) is 4.08. The van der Waals surface area contributed by atoms with Gasteiger partial charge >= 0.3 is 0 Å². The highest BCUT2D eigenvalue weighted by molar-refractivity contribution is 7.00. The van der Waals surface area contributed by atoms with Gasteiger partial charge in [0.2, 0.25) is 0 Å². The fraction of sp³-hybridized carbons (Fsp3) is 0.424. The topological polar surface area (TPSA) is 22.9 Å². The van der Waals surface area contributed by atoms with Gasteiger partial charge in [-0.2, -0.15) is 0 Å². The summed E-state index contributed by atoms with van der Waals surface area (Å²) in [5.74, 6) is 0. The maximum Gasteiger partial charge on any atom is 0.297 e. The zero-order valence-corrected chi connectivity index (χ0v) is 44.6. The zero-order valence-electron chi connectivity index (χ0n) is 48.6. The quantitative estimate of drug-likeness (QED) is 0.165. The zero-order chi connectivity index (χ0) is 53.1. The summed E-state index contributed by atoms with van der Waals surface area (Å²) in [4.78, 5) is 7.79. The molecule has 5 heteroatoms. The first-order valence-electron chi connectivity index (χ1n) is 28.9. The summed E-state index contributed by atoms with van der Waals surface area (Å²) in [6.07, 6.45) is 8.19. The van der Waals surface area contributed by atoms with Crippen molar-refractivity contribution in [1.29, 1.82) is 0 Å². The molecule has 6 aromatic carbocycles. The highest BCUT2D eigenvalue weighted by Gasteiger charge is 2.63. The van der Waals surface area contributed by atoms with Crippen molar-refractivity contribution in [3.05, 3.63) is 143 Å². The third kappa shape index (κ3) is 5.93. The molecule has 1 aromatic heterocycles. The van der Waals surface area contributed by atoms with E-state index < -0.39 is 11.0 Å². The van der Waals surface area contributed by atoms with E-state index in [1.807, 2.05) is 0 Å². The van der Waals surface area contributed by atoms with Crippen LogP contribution >= 0.6 is 0 Å². The molecule has 362 valence electrons. The molecular weight excluding hydrogens is 862 g/mol. The minimum atomic E-state index is -0.550. The molecular formula is C66H74BN3O. The minimum Gasteiger partial charge on any atom is -0.468 e. The van der Waals surface area contributed by atoms with Gasteiger partial charge in [-0.25, -0.2) is 0 Å². The molecule has 2 fully saturated rings. The summed E-state index contributed by atoms with van der Waals surface area (Å²) in [6, 6.07) is 34.7. The Labute approximate surface area is 430 Å². The lowest BCUT2D eigenvalue weighted by Crippen LogP contribution is -2.64. The SMILES string of the molecule is [2H]c1c([2H])c([2H])c2c(c1[2H])N(c1cc3c4c(c1)N1c5c(cc(C(C)(C)C)cc5C5(C)CCCCC15C)B4c1oc4ccc(C(C)(C)C)cc4c1N3c1ccc(C(C)(C)C)cc1-c1ccccc1)C1(C)CCCCC21C. The molecule has 2 aliphatic carbocycles. The Morgan fingerprint density at radius 1 is 0.549 bits per heavy atom. The molecule has 4 atom stereocenters. The first kappa shape index (κ1) is 40.9. The van der Waals surface area contributed by atoms with Crippen molar-refractivity contribution in [2.75, 3.05) is 14.7 Å². The van der Waals surface area contributed by atoms with Gasteiger partial charge in [-0.3, -0.25) is 0 Å². The molecule has 6 aliphatic rings. The van der Waals surface area contributed by atoms with Crippen molar-refractivity contribution in [2.45, 2.75) is 180 Å². The summed E-state index contributed by atoms with van der Waals surface area (Å²) in [5.41, 5.74) is 18.2. The molecule has 0 radical (unpaired) electrons. The van der Waals surface area contributed by atoms with Gasteiger partial charge < -0.3 is 19.1 Å². The Hall–Kier alpha value is -5.68. The number of hydrogen-bond acceptors (Lipinski definition) is 4. The van der Waals surface area contributed by atoms with Gasteiger partial charge in [0, 0.05) is 50.2 Å². The predicted octanol–water partition coefficient (Wildman–Crippen LogP) is 16.1. The molecule has 5 heterocycles. The van der Waals surface area contributed by atoms with Crippen LogP contribution in [0, 0.1) is 0 Å². The van der Waals surface area contributed by atoms with E-state index in [1.54, 1.807) is 0 Å². The highest BCUT2D eigenvalue weighted by atomic mass is 16.3. The van der Waals surface area contributed by atoms with Crippen LogP contribution in [0.3, 0.4) is 0 Å². The molecule has 7 aromatic rings. The van der Waals surface area contributed by atoms with Gasteiger partial charge in [-0.1, -0.05) is 175 Å². The van der Waals surface area contributed by atoms with E-state index in [0.717, 1.165) is 101 Å².